The Kier molecular flexibility index (Phi) is 4.86. The van der Waals surface area contributed by atoms with Crippen LogP contribution in [0.25, 0.3) is 21.8 Å². The van der Waals surface area contributed by atoms with Gasteiger partial charge < -0.3 is 14.8 Å². The van der Waals surface area contributed by atoms with Crippen LogP contribution in [-0.4, -0.2) is 19.2 Å². The van der Waals surface area contributed by atoms with Crippen LogP contribution in [0.4, 0.5) is 5.69 Å². The third-order valence-corrected chi connectivity index (χ3v) is 5.33. The molecule has 136 valence electrons. The Morgan fingerprint density at radius 3 is 2.00 bits per heavy atom. The molecule has 0 atom stereocenters. The van der Waals surface area contributed by atoms with Crippen molar-refractivity contribution in [1.82, 2.24) is 4.98 Å². The molecule has 0 saturated carbocycles. The standard InChI is InChI=1S/C22H19BrN2O2/c1-26-20-11-14(17(23)12-21(20)27-2)13-24-22-15-7-3-5-9-18(15)25-19-10-6-4-8-16(19)22/h3-12H,13H2,1-2H3,(H,24,25). The van der Waals surface area contributed by atoms with Gasteiger partial charge in [0.1, 0.15) is 0 Å². The van der Waals surface area contributed by atoms with Gasteiger partial charge in [0, 0.05) is 21.8 Å². The molecule has 1 N–H and O–H groups in total. The minimum atomic E-state index is 0.638. The van der Waals surface area contributed by atoms with Crippen LogP contribution >= 0.6 is 15.9 Å². The monoisotopic (exact) mass is 422 g/mol. The van der Waals surface area contributed by atoms with Gasteiger partial charge >= 0.3 is 0 Å². The van der Waals surface area contributed by atoms with E-state index in [1.807, 2.05) is 48.5 Å². The zero-order chi connectivity index (χ0) is 18.8. The Balaban J connectivity index is 1.77. The highest BCUT2D eigenvalue weighted by Crippen LogP contribution is 2.35. The Hall–Kier alpha value is -2.79. The van der Waals surface area contributed by atoms with E-state index in [1.165, 1.54) is 0 Å². The van der Waals surface area contributed by atoms with E-state index in [0.29, 0.717) is 18.0 Å². The molecular weight excluding hydrogens is 404 g/mol. The molecule has 27 heavy (non-hydrogen) atoms. The van der Waals surface area contributed by atoms with Crippen LogP contribution < -0.4 is 14.8 Å². The van der Waals surface area contributed by atoms with Gasteiger partial charge in [-0.1, -0.05) is 52.3 Å². The lowest BCUT2D eigenvalue weighted by molar-refractivity contribution is 0.354. The van der Waals surface area contributed by atoms with E-state index in [1.54, 1.807) is 14.2 Å². The van der Waals surface area contributed by atoms with Gasteiger partial charge in [0.25, 0.3) is 0 Å². The maximum atomic E-state index is 5.44. The first kappa shape index (κ1) is 17.6. The van der Waals surface area contributed by atoms with Gasteiger partial charge in [0.2, 0.25) is 0 Å². The smallest absolute Gasteiger partial charge is 0.161 e. The summed E-state index contributed by atoms with van der Waals surface area (Å²) in [5, 5.41) is 5.82. The van der Waals surface area contributed by atoms with Gasteiger partial charge in [-0.25, -0.2) is 4.98 Å². The molecule has 0 fully saturated rings. The van der Waals surface area contributed by atoms with E-state index in [0.717, 1.165) is 37.5 Å². The van der Waals surface area contributed by atoms with Gasteiger partial charge in [-0.3, -0.25) is 0 Å². The molecular formula is C22H19BrN2O2. The first-order valence-corrected chi connectivity index (χ1v) is 9.42. The summed E-state index contributed by atoms with van der Waals surface area (Å²) in [6.45, 7) is 0.638. The van der Waals surface area contributed by atoms with E-state index in [9.17, 15) is 0 Å². The molecule has 0 aliphatic carbocycles. The summed E-state index contributed by atoms with van der Waals surface area (Å²) in [4.78, 5) is 4.78. The van der Waals surface area contributed by atoms with Crippen LogP contribution in [0.2, 0.25) is 0 Å². The first-order valence-electron chi connectivity index (χ1n) is 8.63. The van der Waals surface area contributed by atoms with Crippen molar-refractivity contribution in [3.63, 3.8) is 0 Å². The van der Waals surface area contributed by atoms with Crippen molar-refractivity contribution in [1.29, 1.82) is 0 Å². The van der Waals surface area contributed by atoms with E-state index in [2.05, 4.69) is 33.4 Å². The van der Waals surface area contributed by atoms with Crippen LogP contribution in [-0.2, 0) is 6.54 Å². The van der Waals surface area contributed by atoms with Crippen molar-refractivity contribution in [3.05, 3.63) is 70.7 Å². The number of fused-ring (bicyclic) bond motifs is 2. The lowest BCUT2D eigenvalue weighted by atomic mass is 10.1. The summed E-state index contributed by atoms with van der Waals surface area (Å²) < 4.78 is 11.8. The molecule has 4 nitrogen and oxygen atoms in total. The molecule has 0 aliphatic heterocycles. The third-order valence-electron chi connectivity index (χ3n) is 4.60. The second kappa shape index (κ2) is 7.45. The highest BCUT2D eigenvalue weighted by Gasteiger charge is 2.12. The molecule has 1 heterocycles. The average molecular weight is 423 g/mol. The topological polar surface area (TPSA) is 43.4 Å². The lowest BCUT2D eigenvalue weighted by Gasteiger charge is -2.16. The molecule has 5 heteroatoms. The maximum Gasteiger partial charge on any atom is 0.161 e. The van der Waals surface area contributed by atoms with Crippen molar-refractivity contribution in [3.8, 4) is 11.5 Å². The zero-order valence-electron chi connectivity index (χ0n) is 15.1. The SMILES string of the molecule is COc1cc(Br)c(CNc2c3ccccc3nc3ccccc23)cc1OC. The molecule has 0 radical (unpaired) electrons. The predicted molar refractivity (Wildman–Crippen MR) is 114 cm³/mol. The molecule has 0 saturated heterocycles. The molecule has 4 rings (SSSR count). The number of anilines is 1. The Morgan fingerprint density at radius 2 is 1.41 bits per heavy atom. The van der Waals surface area contributed by atoms with Gasteiger partial charge in [0.05, 0.1) is 30.9 Å². The molecule has 3 aromatic carbocycles. The fraction of sp³-hybridized carbons (Fsp3) is 0.136. The van der Waals surface area contributed by atoms with Crippen LogP contribution in [0.5, 0.6) is 11.5 Å². The number of ether oxygens (including phenoxy) is 2. The van der Waals surface area contributed by atoms with Crippen molar-refractivity contribution < 1.29 is 9.47 Å². The van der Waals surface area contributed by atoms with Crippen molar-refractivity contribution in [2.75, 3.05) is 19.5 Å². The number of aromatic nitrogens is 1. The molecule has 4 aromatic rings. The molecule has 0 spiro atoms. The van der Waals surface area contributed by atoms with Crippen LogP contribution in [0, 0.1) is 0 Å². The second-order valence-electron chi connectivity index (χ2n) is 6.17. The van der Waals surface area contributed by atoms with Crippen LogP contribution in [0.15, 0.2) is 65.1 Å². The number of halogens is 1. The number of benzene rings is 3. The van der Waals surface area contributed by atoms with Crippen molar-refractivity contribution in [2.24, 2.45) is 0 Å². The third kappa shape index (κ3) is 3.30. The number of para-hydroxylation sites is 2. The number of methoxy groups -OCH3 is 2. The largest absolute Gasteiger partial charge is 0.493 e. The van der Waals surface area contributed by atoms with E-state index in [-0.39, 0.29) is 0 Å². The number of nitrogens with one attached hydrogen (secondary N) is 1. The summed E-state index contributed by atoms with van der Waals surface area (Å²) >= 11 is 3.64. The number of nitrogens with zero attached hydrogens (tertiary/aromatic N) is 1. The fourth-order valence-corrected chi connectivity index (χ4v) is 3.71. The summed E-state index contributed by atoms with van der Waals surface area (Å²) in [6.07, 6.45) is 0. The molecule has 1 aromatic heterocycles. The predicted octanol–water partition coefficient (Wildman–Crippen LogP) is 5.78. The number of hydrogen-bond donors (Lipinski definition) is 1. The van der Waals surface area contributed by atoms with Gasteiger partial charge in [0.15, 0.2) is 11.5 Å². The quantitative estimate of drug-likeness (QED) is 0.414. The average Bonchev–Trinajstić information content (AvgIpc) is 2.71. The molecule has 0 bridgehead atoms. The van der Waals surface area contributed by atoms with E-state index >= 15 is 0 Å². The van der Waals surface area contributed by atoms with E-state index < -0.39 is 0 Å². The van der Waals surface area contributed by atoms with E-state index in [4.69, 9.17) is 14.5 Å². The van der Waals surface area contributed by atoms with Gasteiger partial charge in [-0.05, 0) is 29.8 Å². The van der Waals surface area contributed by atoms with Crippen LogP contribution in [0.1, 0.15) is 5.56 Å². The second-order valence-corrected chi connectivity index (χ2v) is 7.03. The van der Waals surface area contributed by atoms with Gasteiger partial charge in [-0.15, -0.1) is 0 Å². The zero-order valence-corrected chi connectivity index (χ0v) is 16.7. The summed E-state index contributed by atoms with van der Waals surface area (Å²) in [7, 11) is 3.28. The number of hydrogen-bond acceptors (Lipinski definition) is 4. The number of rotatable bonds is 5. The highest BCUT2D eigenvalue weighted by atomic mass is 79.9. The normalized spacial score (nSPS) is 10.9. The minimum absolute atomic E-state index is 0.638. The molecule has 0 amide bonds. The first-order chi connectivity index (χ1) is 13.2. The Labute approximate surface area is 166 Å². The summed E-state index contributed by atoms with van der Waals surface area (Å²) in [6, 6.07) is 20.3. The van der Waals surface area contributed by atoms with Crippen molar-refractivity contribution >= 4 is 43.4 Å². The Bertz CT molecular complexity index is 1070. The van der Waals surface area contributed by atoms with Crippen LogP contribution in [0.3, 0.4) is 0 Å². The molecule has 0 aliphatic rings. The fourth-order valence-electron chi connectivity index (χ4n) is 3.25. The highest BCUT2D eigenvalue weighted by molar-refractivity contribution is 9.10. The summed E-state index contributed by atoms with van der Waals surface area (Å²) in [5.74, 6) is 1.41. The van der Waals surface area contributed by atoms with Gasteiger partial charge in [-0.2, -0.15) is 0 Å². The van der Waals surface area contributed by atoms with Crippen molar-refractivity contribution in [2.45, 2.75) is 6.54 Å². The lowest BCUT2D eigenvalue weighted by Crippen LogP contribution is -2.03. The maximum absolute atomic E-state index is 5.44. The number of pyridine rings is 1. The molecule has 0 unspecified atom stereocenters. The Morgan fingerprint density at radius 1 is 0.852 bits per heavy atom. The minimum Gasteiger partial charge on any atom is -0.493 e. The summed E-state index contributed by atoms with van der Waals surface area (Å²) in [5.41, 5.74) is 4.12.